The Hall–Kier alpha value is -2.87. The van der Waals surface area contributed by atoms with Gasteiger partial charge in [-0.15, -0.1) is 5.10 Å². The number of anilines is 2. The summed E-state index contributed by atoms with van der Waals surface area (Å²) in [6.45, 7) is 1.93. The smallest absolute Gasteiger partial charge is 0.322 e. The molecular formula is C15H10FN5OS. The number of aromatic nitrogens is 4. The van der Waals surface area contributed by atoms with Crippen LogP contribution in [-0.4, -0.2) is 20.2 Å². The van der Waals surface area contributed by atoms with Gasteiger partial charge in [-0.1, -0.05) is 16.4 Å². The van der Waals surface area contributed by atoms with E-state index in [4.69, 9.17) is 4.42 Å². The first-order valence-corrected chi connectivity index (χ1v) is 7.60. The summed E-state index contributed by atoms with van der Waals surface area (Å²) in [6.07, 6.45) is 0. The molecule has 1 aromatic carbocycles. The SMILES string of the molecule is Cc1ccc2nc(Nc3nnc(-c4ccc(F)cc4)o3)sc2n1. The predicted octanol–water partition coefficient (Wildman–Crippen LogP) is 3.93. The lowest BCUT2D eigenvalue weighted by molar-refractivity contribution is 0.587. The zero-order valence-electron chi connectivity index (χ0n) is 11.9. The number of pyridine rings is 1. The second kappa shape index (κ2) is 5.40. The van der Waals surface area contributed by atoms with Crippen molar-refractivity contribution < 1.29 is 8.81 Å². The van der Waals surface area contributed by atoms with Crippen LogP contribution in [0.15, 0.2) is 40.8 Å². The number of halogens is 1. The van der Waals surface area contributed by atoms with Crippen LogP contribution in [0.1, 0.15) is 5.69 Å². The molecule has 6 nitrogen and oxygen atoms in total. The second-order valence-electron chi connectivity index (χ2n) is 4.84. The first kappa shape index (κ1) is 13.8. The van der Waals surface area contributed by atoms with Crippen molar-refractivity contribution in [1.29, 1.82) is 0 Å². The van der Waals surface area contributed by atoms with Crippen LogP contribution in [0.5, 0.6) is 0 Å². The van der Waals surface area contributed by atoms with Crippen molar-refractivity contribution in [3.63, 3.8) is 0 Å². The maximum absolute atomic E-state index is 12.9. The average molecular weight is 327 g/mol. The zero-order chi connectivity index (χ0) is 15.8. The van der Waals surface area contributed by atoms with E-state index in [0.29, 0.717) is 16.6 Å². The van der Waals surface area contributed by atoms with Crippen molar-refractivity contribution in [3.05, 3.63) is 47.9 Å². The molecule has 0 radical (unpaired) electrons. The van der Waals surface area contributed by atoms with Crippen LogP contribution in [0, 0.1) is 12.7 Å². The van der Waals surface area contributed by atoms with E-state index in [-0.39, 0.29) is 11.8 Å². The minimum atomic E-state index is -0.316. The molecule has 23 heavy (non-hydrogen) atoms. The standard InChI is InChI=1S/C15H10FN5OS/c1-8-2-7-11-13(17-8)23-15(18-11)19-14-21-20-12(22-14)9-3-5-10(16)6-4-9/h2-7H,1H3,(H,18,19,21). The molecule has 0 amide bonds. The van der Waals surface area contributed by atoms with E-state index in [1.165, 1.54) is 23.5 Å². The lowest BCUT2D eigenvalue weighted by Gasteiger charge is -1.94. The van der Waals surface area contributed by atoms with Crippen LogP contribution in [0.2, 0.25) is 0 Å². The summed E-state index contributed by atoms with van der Waals surface area (Å²) in [5.74, 6) is -0.00790. The van der Waals surface area contributed by atoms with E-state index in [1.54, 1.807) is 12.1 Å². The van der Waals surface area contributed by atoms with Gasteiger partial charge in [-0.3, -0.25) is 5.32 Å². The van der Waals surface area contributed by atoms with Crippen molar-refractivity contribution in [1.82, 2.24) is 20.2 Å². The Bertz CT molecular complexity index is 979. The van der Waals surface area contributed by atoms with Crippen molar-refractivity contribution in [2.24, 2.45) is 0 Å². The Labute approximate surface area is 134 Å². The first-order valence-electron chi connectivity index (χ1n) is 6.78. The average Bonchev–Trinajstić information content (AvgIpc) is 3.14. The molecule has 8 heteroatoms. The Morgan fingerprint density at radius 3 is 2.70 bits per heavy atom. The highest BCUT2D eigenvalue weighted by atomic mass is 32.1. The molecule has 0 fully saturated rings. The number of nitrogens with one attached hydrogen (secondary N) is 1. The van der Waals surface area contributed by atoms with Gasteiger partial charge in [-0.25, -0.2) is 14.4 Å². The Balaban J connectivity index is 1.60. The van der Waals surface area contributed by atoms with E-state index in [0.717, 1.165) is 16.0 Å². The Morgan fingerprint density at radius 1 is 1.04 bits per heavy atom. The van der Waals surface area contributed by atoms with Gasteiger partial charge in [0.1, 0.15) is 16.2 Å². The minimum Gasteiger partial charge on any atom is -0.403 e. The summed E-state index contributed by atoms with van der Waals surface area (Å²) < 4.78 is 18.5. The maximum atomic E-state index is 12.9. The first-order chi connectivity index (χ1) is 11.2. The van der Waals surface area contributed by atoms with E-state index < -0.39 is 0 Å². The molecule has 0 saturated heterocycles. The molecule has 0 aliphatic heterocycles. The van der Waals surface area contributed by atoms with Gasteiger partial charge < -0.3 is 4.42 Å². The molecule has 0 unspecified atom stereocenters. The third-order valence-corrected chi connectivity index (χ3v) is 4.01. The van der Waals surface area contributed by atoms with Crippen LogP contribution < -0.4 is 5.32 Å². The fraction of sp³-hybridized carbons (Fsp3) is 0.0667. The van der Waals surface area contributed by atoms with Crippen LogP contribution in [0.4, 0.5) is 15.5 Å². The van der Waals surface area contributed by atoms with Crippen LogP contribution >= 0.6 is 11.3 Å². The van der Waals surface area contributed by atoms with Gasteiger partial charge in [0, 0.05) is 11.3 Å². The molecule has 4 rings (SSSR count). The van der Waals surface area contributed by atoms with Gasteiger partial charge in [-0.2, -0.15) is 0 Å². The minimum absolute atomic E-state index is 0.222. The molecule has 1 N–H and O–H groups in total. The fourth-order valence-corrected chi connectivity index (χ4v) is 2.91. The highest BCUT2D eigenvalue weighted by Gasteiger charge is 2.11. The van der Waals surface area contributed by atoms with Crippen molar-refractivity contribution in [2.75, 3.05) is 5.32 Å². The second-order valence-corrected chi connectivity index (χ2v) is 5.82. The summed E-state index contributed by atoms with van der Waals surface area (Å²) in [6, 6.07) is 9.89. The van der Waals surface area contributed by atoms with E-state index >= 15 is 0 Å². The molecule has 3 heterocycles. The summed E-state index contributed by atoms with van der Waals surface area (Å²) in [4.78, 5) is 9.66. The maximum Gasteiger partial charge on any atom is 0.322 e. The predicted molar refractivity (Wildman–Crippen MR) is 85.1 cm³/mol. The number of hydrogen-bond acceptors (Lipinski definition) is 7. The number of hydrogen-bond donors (Lipinski definition) is 1. The van der Waals surface area contributed by atoms with E-state index in [9.17, 15) is 4.39 Å². The molecule has 0 aliphatic rings. The van der Waals surface area contributed by atoms with Gasteiger partial charge in [0.15, 0.2) is 5.13 Å². The molecular weight excluding hydrogens is 317 g/mol. The van der Waals surface area contributed by atoms with Gasteiger partial charge in [0.25, 0.3) is 0 Å². The third kappa shape index (κ3) is 2.76. The van der Waals surface area contributed by atoms with Gasteiger partial charge in [0.05, 0.1) is 0 Å². The number of nitrogens with zero attached hydrogens (tertiary/aromatic N) is 4. The van der Waals surface area contributed by atoms with Crippen LogP contribution in [-0.2, 0) is 0 Å². The monoisotopic (exact) mass is 327 g/mol. The van der Waals surface area contributed by atoms with Crippen LogP contribution in [0.25, 0.3) is 21.8 Å². The number of benzene rings is 1. The quantitative estimate of drug-likeness (QED) is 0.614. The lowest BCUT2D eigenvalue weighted by Crippen LogP contribution is -1.88. The molecule has 0 spiro atoms. The summed E-state index contributed by atoms with van der Waals surface area (Å²) in [5.41, 5.74) is 2.39. The highest BCUT2D eigenvalue weighted by molar-refractivity contribution is 7.21. The third-order valence-electron chi connectivity index (χ3n) is 3.12. The van der Waals surface area contributed by atoms with E-state index in [1.807, 2.05) is 19.1 Å². The molecule has 114 valence electrons. The largest absolute Gasteiger partial charge is 0.403 e. The zero-order valence-corrected chi connectivity index (χ0v) is 12.8. The van der Waals surface area contributed by atoms with Crippen molar-refractivity contribution in [2.45, 2.75) is 6.92 Å². The van der Waals surface area contributed by atoms with Crippen molar-refractivity contribution in [3.8, 4) is 11.5 Å². The number of fused-ring (bicyclic) bond motifs is 1. The van der Waals surface area contributed by atoms with Gasteiger partial charge >= 0.3 is 6.01 Å². The molecule has 3 aromatic heterocycles. The molecule has 0 bridgehead atoms. The molecule has 4 aromatic rings. The number of thiazole rings is 1. The topological polar surface area (TPSA) is 76.7 Å². The summed E-state index contributed by atoms with van der Waals surface area (Å²) in [5, 5.41) is 11.4. The number of aryl methyl sites for hydroxylation is 1. The van der Waals surface area contributed by atoms with E-state index in [2.05, 4.69) is 25.5 Å². The Kier molecular flexibility index (Phi) is 3.23. The van der Waals surface area contributed by atoms with Gasteiger partial charge in [0.2, 0.25) is 5.89 Å². The van der Waals surface area contributed by atoms with Crippen molar-refractivity contribution >= 4 is 32.8 Å². The molecule has 0 aliphatic carbocycles. The lowest BCUT2D eigenvalue weighted by atomic mass is 10.2. The molecule has 0 saturated carbocycles. The highest BCUT2D eigenvalue weighted by Crippen LogP contribution is 2.28. The number of rotatable bonds is 3. The fourth-order valence-electron chi connectivity index (χ4n) is 2.04. The Morgan fingerprint density at radius 2 is 1.87 bits per heavy atom. The summed E-state index contributed by atoms with van der Waals surface area (Å²) in [7, 11) is 0. The normalized spacial score (nSPS) is 11.0. The van der Waals surface area contributed by atoms with Gasteiger partial charge in [-0.05, 0) is 43.3 Å². The van der Waals surface area contributed by atoms with Crippen LogP contribution in [0.3, 0.4) is 0 Å². The summed E-state index contributed by atoms with van der Waals surface area (Å²) >= 11 is 1.40. The molecule has 0 atom stereocenters.